The maximum atomic E-state index is 12.9. The molecule has 2 aliphatic carbocycles. The maximum Gasteiger partial charge on any atom is 0.317 e. The molecule has 3 fully saturated rings. The minimum absolute atomic E-state index is 0.0117. The largest absolute Gasteiger partial charge is 0.342 e. The van der Waals surface area contributed by atoms with Gasteiger partial charge in [-0.15, -0.1) is 0 Å². The highest BCUT2D eigenvalue weighted by Crippen LogP contribution is 2.62. The van der Waals surface area contributed by atoms with Gasteiger partial charge in [0.2, 0.25) is 5.91 Å². The van der Waals surface area contributed by atoms with E-state index in [0.29, 0.717) is 16.0 Å². The third-order valence-electron chi connectivity index (χ3n) is 7.64. The van der Waals surface area contributed by atoms with E-state index in [1.54, 1.807) is 6.07 Å². The first-order valence-corrected chi connectivity index (χ1v) is 12.2. The molecule has 0 radical (unpaired) electrons. The molecule has 3 unspecified atom stereocenters. The summed E-state index contributed by atoms with van der Waals surface area (Å²) in [7, 11) is 1.89. The minimum Gasteiger partial charge on any atom is -0.342 e. The van der Waals surface area contributed by atoms with E-state index in [1.807, 2.05) is 30.7 Å². The molecule has 3 atom stereocenters. The molecule has 31 heavy (non-hydrogen) atoms. The van der Waals surface area contributed by atoms with Crippen LogP contribution in [0.4, 0.5) is 4.79 Å². The van der Waals surface area contributed by atoms with Crippen molar-refractivity contribution in [1.82, 2.24) is 15.1 Å². The van der Waals surface area contributed by atoms with Crippen LogP contribution in [-0.4, -0.2) is 54.0 Å². The summed E-state index contributed by atoms with van der Waals surface area (Å²) in [6.45, 7) is 5.34. The molecular weight excluding hydrogens is 433 g/mol. The summed E-state index contributed by atoms with van der Waals surface area (Å²) in [5.74, 6) is 0.819. The van der Waals surface area contributed by atoms with Crippen LogP contribution in [-0.2, 0) is 10.2 Å². The zero-order valence-electron chi connectivity index (χ0n) is 18.7. The van der Waals surface area contributed by atoms with Crippen molar-refractivity contribution in [3.8, 4) is 0 Å². The van der Waals surface area contributed by atoms with Crippen molar-refractivity contribution in [3.63, 3.8) is 0 Å². The molecule has 2 saturated carbocycles. The van der Waals surface area contributed by atoms with E-state index in [0.717, 1.165) is 51.6 Å². The standard InChI is InChI=1S/C24H33Cl2N3O2/c1-15(2)22(30)29-8-5-21(6-9-29)28(3)23(31)27-20-4-7-24(14-17(24)12-20)16-10-18(25)13-19(26)11-16/h10-11,13,15,17,20-21H,4-9,12,14H2,1-3H3,(H,27,31). The van der Waals surface area contributed by atoms with Crippen LogP contribution in [0.25, 0.3) is 0 Å². The van der Waals surface area contributed by atoms with Crippen molar-refractivity contribution in [3.05, 3.63) is 33.8 Å². The fraction of sp³-hybridized carbons (Fsp3) is 0.667. The number of urea groups is 1. The third-order valence-corrected chi connectivity index (χ3v) is 8.08. The average molecular weight is 466 g/mol. The highest BCUT2D eigenvalue weighted by Gasteiger charge is 2.57. The van der Waals surface area contributed by atoms with Gasteiger partial charge >= 0.3 is 6.03 Å². The van der Waals surface area contributed by atoms with Crippen molar-refractivity contribution in [2.75, 3.05) is 20.1 Å². The molecular formula is C24H33Cl2N3O2. The number of carbonyl (C=O) groups is 2. The van der Waals surface area contributed by atoms with Gasteiger partial charge in [0.15, 0.2) is 0 Å². The second kappa shape index (κ2) is 8.82. The van der Waals surface area contributed by atoms with E-state index in [9.17, 15) is 9.59 Å². The molecule has 1 heterocycles. The number of rotatable bonds is 4. The molecule has 0 aromatic heterocycles. The predicted molar refractivity (Wildman–Crippen MR) is 125 cm³/mol. The van der Waals surface area contributed by atoms with Crippen LogP contribution in [0.15, 0.2) is 18.2 Å². The Hall–Kier alpha value is -1.46. The van der Waals surface area contributed by atoms with Gasteiger partial charge in [-0.25, -0.2) is 4.79 Å². The van der Waals surface area contributed by atoms with Crippen LogP contribution in [0, 0.1) is 11.8 Å². The lowest BCUT2D eigenvalue weighted by molar-refractivity contribution is -0.135. The van der Waals surface area contributed by atoms with Crippen molar-refractivity contribution in [2.45, 2.75) is 69.9 Å². The summed E-state index contributed by atoms with van der Waals surface area (Å²) in [6, 6.07) is 6.30. The first-order chi connectivity index (χ1) is 14.7. The molecule has 1 saturated heterocycles. The Morgan fingerprint density at radius 2 is 1.77 bits per heavy atom. The molecule has 3 aliphatic rings. The van der Waals surface area contributed by atoms with Crippen molar-refractivity contribution in [2.24, 2.45) is 11.8 Å². The topological polar surface area (TPSA) is 52.7 Å². The highest BCUT2D eigenvalue weighted by atomic mass is 35.5. The Kier molecular flexibility index (Phi) is 6.47. The molecule has 1 N–H and O–H groups in total. The Morgan fingerprint density at radius 1 is 1.13 bits per heavy atom. The molecule has 1 aromatic carbocycles. The maximum absolute atomic E-state index is 12.9. The molecule has 1 aliphatic heterocycles. The second-order valence-corrected chi connectivity index (χ2v) is 10.8. The summed E-state index contributed by atoms with van der Waals surface area (Å²) < 4.78 is 0. The predicted octanol–water partition coefficient (Wildman–Crippen LogP) is 5.09. The van der Waals surface area contributed by atoms with E-state index in [1.165, 1.54) is 5.56 Å². The summed E-state index contributed by atoms with van der Waals surface area (Å²) >= 11 is 12.5. The summed E-state index contributed by atoms with van der Waals surface area (Å²) in [5.41, 5.74) is 1.44. The summed E-state index contributed by atoms with van der Waals surface area (Å²) in [6.07, 6.45) is 5.86. The lowest BCUT2D eigenvalue weighted by Gasteiger charge is -2.38. The van der Waals surface area contributed by atoms with Crippen LogP contribution >= 0.6 is 23.2 Å². The molecule has 5 nitrogen and oxygen atoms in total. The Morgan fingerprint density at radius 3 is 2.35 bits per heavy atom. The smallest absolute Gasteiger partial charge is 0.317 e. The van der Waals surface area contributed by atoms with Gasteiger partial charge in [-0.1, -0.05) is 37.0 Å². The molecule has 1 aromatic rings. The van der Waals surface area contributed by atoms with Crippen molar-refractivity contribution < 1.29 is 9.59 Å². The van der Waals surface area contributed by atoms with Gasteiger partial charge in [0, 0.05) is 48.2 Å². The number of nitrogens with one attached hydrogen (secondary N) is 1. The lowest BCUT2D eigenvalue weighted by atomic mass is 9.81. The van der Waals surface area contributed by atoms with Gasteiger partial charge in [-0.05, 0) is 73.6 Å². The SMILES string of the molecule is CC(C)C(=O)N1CCC(N(C)C(=O)NC2CCC3(c4cc(Cl)cc(Cl)c4)CC3C2)CC1. The van der Waals surface area contributed by atoms with E-state index < -0.39 is 0 Å². The first-order valence-electron chi connectivity index (χ1n) is 11.5. The normalized spacial score (nSPS) is 28.3. The van der Waals surface area contributed by atoms with Crippen LogP contribution in [0.5, 0.6) is 0 Å². The lowest BCUT2D eigenvalue weighted by Crippen LogP contribution is -2.52. The Balaban J connectivity index is 1.27. The van der Waals surface area contributed by atoms with Crippen LogP contribution in [0.3, 0.4) is 0 Å². The van der Waals surface area contributed by atoms with Gasteiger partial charge in [-0.3, -0.25) is 4.79 Å². The molecule has 170 valence electrons. The zero-order valence-corrected chi connectivity index (χ0v) is 20.2. The Bertz CT molecular complexity index is 833. The molecule has 3 amide bonds. The molecule has 0 bridgehead atoms. The second-order valence-electron chi connectivity index (χ2n) is 9.96. The zero-order chi connectivity index (χ0) is 22.3. The quantitative estimate of drug-likeness (QED) is 0.672. The minimum atomic E-state index is 0.0117. The summed E-state index contributed by atoms with van der Waals surface area (Å²) in [5, 5.41) is 4.66. The van der Waals surface area contributed by atoms with Crippen molar-refractivity contribution >= 4 is 35.1 Å². The fourth-order valence-corrected chi connectivity index (χ4v) is 6.17. The van der Waals surface area contributed by atoms with Crippen molar-refractivity contribution in [1.29, 1.82) is 0 Å². The van der Waals surface area contributed by atoms with Gasteiger partial charge in [0.05, 0.1) is 0 Å². The van der Waals surface area contributed by atoms with Gasteiger partial charge in [0.25, 0.3) is 0 Å². The number of piperidine rings is 1. The van der Waals surface area contributed by atoms with E-state index >= 15 is 0 Å². The first kappa shape index (κ1) is 22.7. The monoisotopic (exact) mass is 465 g/mol. The number of hydrogen-bond donors (Lipinski definition) is 1. The average Bonchev–Trinajstić information content (AvgIpc) is 3.47. The van der Waals surface area contributed by atoms with Gasteiger partial charge < -0.3 is 15.1 Å². The number of halogens is 2. The van der Waals surface area contributed by atoms with Crippen LogP contribution in [0.1, 0.15) is 57.9 Å². The fourth-order valence-electron chi connectivity index (χ4n) is 5.64. The number of carbonyl (C=O) groups excluding carboxylic acids is 2. The molecule has 4 rings (SSSR count). The highest BCUT2D eigenvalue weighted by molar-refractivity contribution is 6.34. The molecule has 0 spiro atoms. The van der Waals surface area contributed by atoms with Gasteiger partial charge in [0.1, 0.15) is 0 Å². The number of benzene rings is 1. The number of nitrogens with zero attached hydrogens (tertiary/aromatic N) is 2. The van der Waals surface area contributed by atoms with Crippen LogP contribution in [0.2, 0.25) is 10.0 Å². The number of likely N-dealkylation sites (tertiary alicyclic amines) is 1. The van der Waals surface area contributed by atoms with E-state index in [4.69, 9.17) is 23.2 Å². The number of amides is 3. The van der Waals surface area contributed by atoms with Crippen LogP contribution < -0.4 is 5.32 Å². The third kappa shape index (κ3) is 4.68. The van der Waals surface area contributed by atoms with E-state index in [-0.39, 0.29) is 35.4 Å². The number of fused-ring (bicyclic) bond motifs is 1. The van der Waals surface area contributed by atoms with E-state index in [2.05, 4.69) is 17.4 Å². The Labute approximate surface area is 195 Å². The number of hydrogen-bond acceptors (Lipinski definition) is 2. The summed E-state index contributed by atoms with van der Waals surface area (Å²) in [4.78, 5) is 28.9. The molecule has 7 heteroatoms. The van der Waals surface area contributed by atoms with Gasteiger partial charge in [-0.2, -0.15) is 0 Å².